The van der Waals surface area contributed by atoms with Gasteiger partial charge in [0.2, 0.25) is 5.16 Å². The van der Waals surface area contributed by atoms with Crippen molar-refractivity contribution in [3.05, 3.63) is 52.5 Å². The molecule has 128 valence electrons. The zero-order valence-corrected chi connectivity index (χ0v) is 15.8. The number of methoxy groups -OCH3 is 1. The van der Waals surface area contributed by atoms with Crippen LogP contribution in [0.25, 0.3) is 5.69 Å². The summed E-state index contributed by atoms with van der Waals surface area (Å²) in [6, 6.07) is 12.5. The molecule has 1 aromatic heterocycles. The number of hydrogen-bond acceptors (Lipinski definition) is 6. The summed E-state index contributed by atoms with van der Waals surface area (Å²) in [7, 11) is 1.56. The van der Waals surface area contributed by atoms with Gasteiger partial charge in [-0.05, 0) is 69.0 Å². The smallest absolute Gasteiger partial charge is 0.256 e. The molecule has 1 heterocycles. The van der Waals surface area contributed by atoms with Gasteiger partial charge in [-0.2, -0.15) is 4.68 Å². The van der Waals surface area contributed by atoms with Gasteiger partial charge in [-0.1, -0.05) is 17.8 Å². The lowest BCUT2D eigenvalue weighted by Gasteiger charge is -2.10. The molecule has 25 heavy (non-hydrogen) atoms. The van der Waals surface area contributed by atoms with Gasteiger partial charge in [0, 0.05) is 10.2 Å². The minimum Gasteiger partial charge on any atom is -0.497 e. The van der Waals surface area contributed by atoms with Crippen molar-refractivity contribution in [2.75, 3.05) is 18.7 Å². The highest BCUT2D eigenvalue weighted by Crippen LogP contribution is 2.24. The molecule has 0 fully saturated rings. The molecule has 0 bridgehead atoms. The Morgan fingerprint density at radius 1 is 1.28 bits per heavy atom. The van der Waals surface area contributed by atoms with E-state index in [1.54, 1.807) is 36.1 Å². The first-order valence-corrected chi connectivity index (χ1v) is 9.22. The number of amides is 1. The van der Waals surface area contributed by atoms with Crippen LogP contribution in [0.15, 0.2) is 52.1 Å². The maximum atomic E-state index is 12.6. The zero-order chi connectivity index (χ0) is 17.8. The third kappa shape index (κ3) is 3.83. The monoisotopic (exact) mass is 419 g/mol. The maximum Gasteiger partial charge on any atom is 0.256 e. The molecule has 0 saturated carbocycles. The highest BCUT2D eigenvalue weighted by molar-refractivity contribution is 9.10. The summed E-state index contributed by atoms with van der Waals surface area (Å²) >= 11 is 4.83. The SMILES string of the molecule is COc1ccc(Br)c(C(=O)Nc2cccc(-n3nnnc3SC)c2)c1. The van der Waals surface area contributed by atoms with Gasteiger partial charge >= 0.3 is 0 Å². The van der Waals surface area contributed by atoms with E-state index in [4.69, 9.17) is 4.74 Å². The van der Waals surface area contributed by atoms with Gasteiger partial charge < -0.3 is 10.1 Å². The molecule has 2 aromatic carbocycles. The third-order valence-corrected chi connectivity index (χ3v) is 4.70. The molecular weight excluding hydrogens is 406 g/mol. The van der Waals surface area contributed by atoms with E-state index < -0.39 is 0 Å². The third-order valence-electron chi connectivity index (χ3n) is 3.39. The van der Waals surface area contributed by atoms with Gasteiger partial charge in [-0.15, -0.1) is 5.10 Å². The minimum atomic E-state index is -0.246. The van der Waals surface area contributed by atoms with Crippen LogP contribution in [0.1, 0.15) is 10.4 Å². The molecule has 0 saturated heterocycles. The molecule has 9 heteroatoms. The van der Waals surface area contributed by atoms with E-state index in [0.29, 0.717) is 26.6 Å². The number of carbonyl (C=O) groups is 1. The number of nitrogens with one attached hydrogen (secondary N) is 1. The summed E-state index contributed by atoms with van der Waals surface area (Å²) < 4.78 is 7.48. The lowest BCUT2D eigenvalue weighted by Crippen LogP contribution is -2.13. The summed E-state index contributed by atoms with van der Waals surface area (Å²) in [4.78, 5) is 12.6. The van der Waals surface area contributed by atoms with Crippen LogP contribution in [0.4, 0.5) is 5.69 Å². The van der Waals surface area contributed by atoms with Gasteiger partial charge in [0.25, 0.3) is 5.91 Å². The predicted octanol–water partition coefficient (Wildman–Crippen LogP) is 3.41. The number of halogens is 1. The molecule has 1 amide bonds. The molecule has 7 nitrogen and oxygen atoms in total. The van der Waals surface area contributed by atoms with Crippen LogP contribution in [0.3, 0.4) is 0 Å². The number of hydrogen-bond donors (Lipinski definition) is 1. The van der Waals surface area contributed by atoms with Crippen molar-refractivity contribution >= 4 is 39.3 Å². The number of rotatable bonds is 5. The number of ether oxygens (including phenoxy) is 1. The quantitative estimate of drug-likeness (QED) is 0.638. The highest BCUT2D eigenvalue weighted by Gasteiger charge is 2.13. The molecule has 3 rings (SSSR count). The Morgan fingerprint density at radius 3 is 2.88 bits per heavy atom. The number of aromatic nitrogens is 4. The fourth-order valence-electron chi connectivity index (χ4n) is 2.19. The van der Waals surface area contributed by atoms with Crippen LogP contribution in [-0.2, 0) is 0 Å². The Bertz CT molecular complexity index is 915. The lowest BCUT2D eigenvalue weighted by molar-refractivity contribution is 0.102. The lowest BCUT2D eigenvalue weighted by atomic mass is 10.2. The molecule has 0 atom stereocenters. The predicted molar refractivity (Wildman–Crippen MR) is 99.6 cm³/mol. The van der Waals surface area contributed by atoms with Crippen LogP contribution in [0, 0.1) is 0 Å². The molecular formula is C16H14BrN5O2S. The largest absolute Gasteiger partial charge is 0.497 e. The molecule has 3 aromatic rings. The van der Waals surface area contributed by atoms with Crippen molar-refractivity contribution in [1.82, 2.24) is 20.2 Å². The van der Waals surface area contributed by atoms with E-state index in [-0.39, 0.29) is 5.91 Å². The first-order chi connectivity index (χ1) is 12.1. The van der Waals surface area contributed by atoms with E-state index in [1.165, 1.54) is 11.8 Å². The second-order valence-corrected chi connectivity index (χ2v) is 6.56. The van der Waals surface area contributed by atoms with E-state index in [9.17, 15) is 4.79 Å². The standard InChI is InChI=1S/C16H14BrN5O2S/c1-24-12-6-7-14(17)13(9-12)15(23)18-10-4-3-5-11(8-10)22-16(25-2)19-20-21-22/h3-9H,1-2H3,(H,18,23). The Kier molecular flexibility index (Phi) is 5.34. The topological polar surface area (TPSA) is 81.9 Å². The molecule has 0 aliphatic rings. The average molecular weight is 420 g/mol. The highest BCUT2D eigenvalue weighted by atomic mass is 79.9. The number of carbonyl (C=O) groups excluding carboxylic acids is 1. The van der Waals surface area contributed by atoms with Crippen LogP contribution in [-0.4, -0.2) is 39.5 Å². The Balaban J connectivity index is 1.86. The molecule has 0 spiro atoms. The first kappa shape index (κ1) is 17.4. The van der Waals surface area contributed by atoms with E-state index >= 15 is 0 Å². The summed E-state index contributed by atoms with van der Waals surface area (Å²) in [6.45, 7) is 0. The van der Waals surface area contributed by atoms with E-state index in [0.717, 1.165) is 5.69 Å². The molecule has 0 aliphatic heterocycles. The summed E-state index contributed by atoms with van der Waals surface area (Å²) in [5, 5.41) is 15.1. The Hall–Kier alpha value is -2.39. The number of anilines is 1. The number of benzene rings is 2. The first-order valence-electron chi connectivity index (χ1n) is 7.20. The normalized spacial score (nSPS) is 10.5. The van der Waals surface area contributed by atoms with E-state index in [1.807, 2.05) is 24.5 Å². The average Bonchev–Trinajstić information content (AvgIpc) is 3.11. The van der Waals surface area contributed by atoms with Gasteiger partial charge in [-0.25, -0.2) is 0 Å². The fraction of sp³-hybridized carbons (Fsp3) is 0.125. The summed E-state index contributed by atoms with van der Waals surface area (Å²) in [5.41, 5.74) is 1.88. The summed E-state index contributed by atoms with van der Waals surface area (Å²) in [6.07, 6.45) is 1.90. The van der Waals surface area contributed by atoms with Crippen molar-refractivity contribution in [1.29, 1.82) is 0 Å². The van der Waals surface area contributed by atoms with Crippen molar-refractivity contribution in [3.63, 3.8) is 0 Å². The van der Waals surface area contributed by atoms with Crippen LogP contribution < -0.4 is 10.1 Å². The fourth-order valence-corrected chi connectivity index (χ4v) is 3.05. The van der Waals surface area contributed by atoms with Gasteiger partial charge in [-0.3, -0.25) is 4.79 Å². The van der Waals surface area contributed by atoms with Crippen molar-refractivity contribution in [3.8, 4) is 11.4 Å². The second-order valence-electron chi connectivity index (χ2n) is 4.93. The van der Waals surface area contributed by atoms with Crippen LogP contribution in [0.2, 0.25) is 0 Å². The van der Waals surface area contributed by atoms with Crippen LogP contribution >= 0.6 is 27.7 Å². The minimum absolute atomic E-state index is 0.246. The second kappa shape index (κ2) is 7.66. The number of nitrogens with zero attached hydrogens (tertiary/aromatic N) is 4. The molecule has 0 radical (unpaired) electrons. The van der Waals surface area contributed by atoms with Gasteiger partial charge in [0.05, 0.1) is 18.4 Å². The van der Waals surface area contributed by atoms with Crippen LogP contribution in [0.5, 0.6) is 5.75 Å². The van der Waals surface area contributed by atoms with Crippen molar-refractivity contribution in [2.24, 2.45) is 0 Å². The number of tetrazole rings is 1. The molecule has 0 unspecified atom stereocenters. The van der Waals surface area contributed by atoms with Crippen molar-refractivity contribution < 1.29 is 9.53 Å². The molecule has 0 aliphatic carbocycles. The Morgan fingerprint density at radius 2 is 2.12 bits per heavy atom. The maximum absolute atomic E-state index is 12.6. The Labute approximate surface area is 156 Å². The summed E-state index contributed by atoms with van der Waals surface area (Å²) in [5.74, 6) is 0.366. The zero-order valence-electron chi connectivity index (χ0n) is 13.4. The van der Waals surface area contributed by atoms with Crippen molar-refractivity contribution in [2.45, 2.75) is 5.16 Å². The number of thioether (sulfide) groups is 1. The molecule has 1 N–H and O–H groups in total. The van der Waals surface area contributed by atoms with E-state index in [2.05, 4.69) is 36.8 Å². The van der Waals surface area contributed by atoms with Gasteiger partial charge in [0.1, 0.15) is 5.75 Å². The van der Waals surface area contributed by atoms with Gasteiger partial charge in [0.15, 0.2) is 0 Å².